The van der Waals surface area contributed by atoms with Gasteiger partial charge in [-0.25, -0.2) is 0 Å². The van der Waals surface area contributed by atoms with Crippen LogP contribution in [0.4, 0.5) is 0 Å². The van der Waals surface area contributed by atoms with Gasteiger partial charge in [-0.3, -0.25) is 9.36 Å². The highest BCUT2D eigenvalue weighted by Crippen LogP contribution is 2.23. The minimum absolute atomic E-state index is 0.157. The van der Waals surface area contributed by atoms with E-state index in [1.165, 1.54) is 6.42 Å². The van der Waals surface area contributed by atoms with Gasteiger partial charge in [-0.1, -0.05) is 13.3 Å². The van der Waals surface area contributed by atoms with Crippen LogP contribution in [-0.4, -0.2) is 10.4 Å². The van der Waals surface area contributed by atoms with E-state index in [-0.39, 0.29) is 5.78 Å². The first-order chi connectivity index (χ1) is 8.72. The summed E-state index contributed by atoms with van der Waals surface area (Å²) in [6.45, 7) is 2.08. The molecule has 0 spiro atoms. The summed E-state index contributed by atoms with van der Waals surface area (Å²) in [4.78, 5) is 12.1. The zero-order valence-electron chi connectivity index (χ0n) is 10.8. The normalized spacial score (nSPS) is 14.9. The standard InChI is InChI=1S/C14H19NO2S/c1-2-3-6-11(16)9-10-15-12-7-4-5-8-13(12)17-14(15)18/h9-10H,2-8H2,1H3/b10-9+. The van der Waals surface area contributed by atoms with Crippen molar-refractivity contribution >= 4 is 24.2 Å². The van der Waals surface area contributed by atoms with E-state index >= 15 is 0 Å². The molecule has 0 amide bonds. The molecule has 0 atom stereocenters. The van der Waals surface area contributed by atoms with Crippen LogP contribution in [0.1, 0.15) is 50.5 Å². The molecule has 0 bridgehead atoms. The van der Waals surface area contributed by atoms with Crippen molar-refractivity contribution in [3.05, 3.63) is 22.4 Å². The predicted molar refractivity (Wildman–Crippen MR) is 74.0 cm³/mol. The Morgan fingerprint density at radius 1 is 1.44 bits per heavy atom. The van der Waals surface area contributed by atoms with Crippen LogP contribution in [-0.2, 0) is 17.6 Å². The fraction of sp³-hybridized carbons (Fsp3) is 0.571. The van der Waals surface area contributed by atoms with Crippen molar-refractivity contribution in [3.8, 4) is 0 Å². The Balaban J connectivity index is 2.14. The highest BCUT2D eigenvalue weighted by Gasteiger charge is 2.17. The molecule has 1 aliphatic rings. The maximum absolute atomic E-state index is 11.6. The average Bonchev–Trinajstić information content (AvgIpc) is 2.69. The van der Waals surface area contributed by atoms with Crippen molar-refractivity contribution in [1.29, 1.82) is 0 Å². The lowest BCUT2D eigenvalue weighted by atomic mass is 10.0. The lowest BCUT2D eigenvalue weighted by Crippen LogP contribution is -2.05. The van der Waals surface area contributed by atoms with Crippen LogP contribution in [0.15, 0.2) is 10.5 Å². The molecule has 0 saturated carbocycles. The molecule has 0 fully saturated rings. The summed E-state index contributed by atoms with van der Waals surface area (Å²) in [6.07, 6.45) is 10.3. The second kappa shape index (κ2) is 6.14. The van der Waals surface area contributed by atoms with Gasteiger partial charge in [0, 0.05) is 19.0 Å². The number of aromatic nitrogens is 1. The summed E-state index contributed by atoms with van der Waals surface area (Å²) >= 11 is 5.19. The van der Waals surface area contributed by atoms with E-state index in [0.29, 0.717) is 11.3 Å². The Morgan fingerprint density at radius 2 is 2.22 bits per heavy atom. The van der Waals surface area contributed by atoms with Crippen LogP contribution in [0.5, 0.6) is 0 Å². The molecular weight excluding hydrogens is 246 g/mol. The van der Waals surface area contributed by atoms with Gasteiger partial charge < -0.3 is 4.42 Å². The Morgan fingerprint density at radius 3 is 3.00 bits per heavy atom. The van der Waals surface area contributed by atoms with Crippen molar-refractivity contribution < 1.29 is 9.21 Å². The molecule has 0 saturated heterocycles. The average molecular weight is 265 g/mol. The fourth-order valence-electron chi connectivity index (χ4n) is 2.23. The largest absolute Gasteiger partial charge is 0.434 e. The van der Waals surface area contributed by atoms with Gasteiger partial charge >= 0.3 is 0 Å². The number of aryl methyl sites for hydroxylation is 1. The van der Waals surface area contributed by atoms with E-state index in [1.807, 2.05) is 4.57 Å². The smallest absolute Gasteiger partial charge is 0.273 e. The highest BCUT2D eigenvalue weighted by molar-refractivity contribution is 7.71. The Hall–Kier alpha value is -1.16. The van der Waals surface area contributed by atoms with Gasteiger partial charge in [-0.05, 0) is 44.0 Å². The summed E-state index contributed by atoms with van der Waals surface area (Å²) in [5, 5.41) is 0. The van der Waals surface area contributed by atoms with Crippen molar-refractivity contribution in [3.63, 3.8) is 0 Å². The highest BCUT2D eigenvalue weighted by atomic mass is 32.1. The van der Waals surface area contributed by atoms with E-state index in [2.05, 4.69) is 6.92 Å². The van der Waals surface area contributed by atoms with Gasteiger partial charge in [0.1, 0.15) is 5.76 Å². The molecule has 1 heterocycles. The van der Waals surface area contributed by atoms with Crippen molar-refractivity contribution in [1.82, 2.24) is 4.57 Å². The zero-order chi connectivity index (χ0) is 13.0. The molecule has 0 N–H and O–H groups in total. The van der Waals surface area contributed by atoms with Gasteiger partial charge in [0.15, 0.2) is 5.78 Å². The number of fused-ring (bicyclic) bond motifs is 1. The third-order valence-electron chi connectivity index (χ3n) is 3.27. The van der Waals surface area contributed by atoms with Gasteiger partial charge in [-0.15, -0.1) is 0 Å². The van der Waals surface area contributed by atoms with Crippen molar-refractivity contribution in [2.45, 2.75) is 51.9 Å². The van der Waals surface area contributed by atoms with E-state index in [0.717, 1.165) is 43.6 Å². The SMILES string of the molecule is CCCCC(=O)/C=C/n1c2c(oc1=S)CCCC2. The molecule has 0 aromatic carbocycles. The number of rotatable bonds is 5. The fourth-order valence-corrected chi connectivity index (χ4v) is 2.51. The molecule has 0 aliphatic heterocycles. The second-order valence-corrected chi connectivity index (χ2v) is 5.05. The monoisotopic (exact) mass is 265 g/mol. The number of hydrogen-bond donors (Lipinski definition) is 0. The predicted octanol–water partition coefficient (Wildman–Crippen LogP) is 3.92. The molecule has 3 nitrogen and oxygen atoms in total. The van der Waals surface area contributed by atoms with Gasteiger partial charge in [0.05, 0.1) is 5.69 Å². The quantitative estimate of drug-likeness (QED) is 0.598. The third kappa shape index (κ3) is 2.99. The maximum atomic E-state index is 11.6. The maximum Gasteiger partial charge on any atom is 0.273 e. The summed E-state index contributed by atoms with van der Waals surface area (Å²) in [6, 6.07) is 0. The second-order valence-electron chi connectivity index (χ2n) is 4.70. The summed E-state index contributed by atoms with van der Waals surface area (Å²) < 4.78 is 7.42. The number of carbonyl (C=O) groups excluding carboxylic acids is 1. The number of unbranched alkanes of at least 4 members (excludes halogenated alkanes) is 1. The van der Waals surface area contributed by atoms with E-state index in [9.17, 15) is 4.79 Å². The van der Waals surface area contributed by atoms with Crippen LogP contribution < -0.4 is 0 Å². The molecule has 1 aromatic heterocycles. The Labute approximate surface area is 112 Å². The number of hydrogen-bond acceptors (Lipinski definition) is 3. The summed E-state index contributed by atoms with van der Waals surface area (Å²) in [5.41, 5.74) is 1.14. The molecule has 0 radical (unpaired) electrons. The van der Waals surface area contributed by atoms with Gasteiger partial charge in [0.25, 0.3) is 4.84 Å². The minimum atomic E-state index is 0.157. The molecule has 4 heteroatoms. The number of oxazole rings is 1. The van der Waals surface area contributed by atoms with Crippen LogP contribution in [0.2, 0.25) is 0 Å². The Bertz CT molecular complexity index is 510. The topological polar surface area (TPSA) is 35.1 Å². The summed E-state index contributed by atoms with van der Waals surface area (Å²) in [5.74, 6) is 1.15. The zero-order valence-corrected chi connectivity index (χ0v) is 11.6. The molecule has 2 rings (SSSR count). The van der Waals surface area contributed by atoms with Crippen molar-refractivity contribution in [2.75, 3.05) is 0 Å². The summed E-state index contributed by atoms with van der Waals surface area (Å²) in [7, 11) is 0. The Kier molecular flexibility index (Phi) is 4.53. The molecular formula is C14H19NO2S. The van der Waals surface area contributed by atoms with E-state index < -0.39 is 0 Å². The number of ketones is 1. The van der Waals surface area contributed by atoms with Crippen LogP contribution in [0.25, 0.3) is 6.20 Å². The van der Waals surface area contributed by atoms with E-state index in [1.54, 1.807) is 12.3 Å². The van der Waals surface area contributed by atoms with Crippen LogP contribution in [0.3, 0.4) is 0 Å². The number of nitrogens with zero attached hydrogens (tertiary/aromatic N) is 1. The number of allylic oxidation sites excluding steroid dienone is 1. The van der Waals surface area contributed by atoms with E-state index in [4.69, 9.17) is 16.6 Å². The number of carbonyl (C=O) groups is 1. The molecule has 1 aromatic rings. The lowest BCUT2D eigenvalue weighted by Gasteiger charge is -2.09. The molecule has 18 heavy (non-hydrogen) atoms. The van der Waals surface area contributed by atoms with Crippen molar-refractivity contribution in [2.24, 2.45) is 0 Å². The molecule has 1 aliphatic carbocycles. The van der Waals surface area contributed by atoms with Gasteiger partial charge in [0.2, 0.25) is 0 Å². The van der Waals surface area contributed by atoms with Gasteiger partial charge in [-0.2, -0.15) is 0 Å². The van der Waals surface area contributed by atoms with Crippen LogP contribution in [0, 0.1) is 4.84 Å². The minimum Gasteiger partial charge on any atom is -0.434 e. The van der Waals surface area contributed by atoms with Crippen LogP contribution >= 0.6 is 12.2 Å². The first-order valence-electron chi connectivity index (χ1n) is 6.66. The molecule has 0 unspecified atom stereocenters. The lowest BCUT2D eigenvalue weighted by molar-refractivity contribution is -0.114. The molecule has 98 valence electrons. The first-order valence-corrected chi connectivity index (χ1v) is 7.07. The third-order valence-corrected chi connectivity index (χ3v) is 3.55. The first kappa shape index (κ1) is 13.3.